The summed E-state index contributed by atoms with van der Waals surface area (Å²) in [6.07, 6.45) is 0. The number of benzene rings is 1. The molecule has 1 aromatic carbocycles. The van der Waals surface area contributed by atoms with Crippen molar-refractivity contribution < 1.29 is 14.0 Å². The van der Waals surface area contributed by atoms with E-state index < -0.39 is 0 Å². The first-order valence-corrected chi connectivity index (χ1v) is 9.50. The minimum Gasteiger partial charge on any atom is -0.350 e. The molecule has 0 aliphatic rings. The Hall–Kier alpha value is -2.00. The molecule has 25 heavy (non-hydrogen) atoms. The number of likely N-dealkylation sites (N-methyl/N-ethyl adjacent to an activating group) is 1. The number of nitrogens with one attached hydrogen (secondary N) is 1. The zero-order valence-electron chi connectivity index (χ0n) is 14.0. The molecule has 0 aliphatic heterocycles. The topological polar surface area (TPSA) is 75.2 Å². The molecule has 2 amide bonds. The Kier molecular flexibility index (Phi) is 7.32. The highest BCUT2D eigenvalue weighted by molar-refractivity contribution is 8.01. The Bertz CT molecular complexity index is 721. The number of hydrogen-bond donors (Lipinski definition) is 1. The van der Waals surface area contributed by atoms with Crippen LogP contribution in [0.3, 0.4) is 0 Å². The van der Waals surface area contributed by atoms with Gasteiger partial charge in [-0.05, 0) is 31.5 Å². The molecular weight excluding hydrogens is 363 g/mol. The summed E-state index contributed by atoms with van der Waals surface area (Å²) in [5.41, 5.74) is 0.798. The Labute approximate surface area is 153 Å². The number of aromatic nitrogens is 2. The molecule has 2 rings (SSSR count). The quantitative estimate of drug-likeness (QED) is 0.709. The second kappa shape index (κ2) is 9.47. The fraction of sp³-hybridized carbons (Fsp3) is 0.375. The maximum atomic E-state index is 12.8. The van der Waals surface area contributed by atoms with Crippen molar-refractivity contribution in [1.29, 1.82) is 0 Å². The number of nitrogens with zero attached hydrogens (tertiary/aromatic N) is 3. The third-order valence-electron chi connectivity index (χ3n) is 3.30. The highest BCUT2D eigenvalue weighted by atomic mass is 32.2. The Morgan fingerprint density at radius 2 is 2.00 bits per heavy atom. The lowest BCUT2D eigenvalue weighted by atomic mass is 10.2. The van der Waals surface area contributed by atoms with Gasteiger partial charge in [-0.25, -0.2) is 4.39 Å². The number of aryl methyl sites for hydroxylation is 1. The first-order chi connectivity index (χ1) is 12.0. The highest BCUT2D eigenvalue weighted by Gasteiger charge is 2.16. The molecule has 1 heterocycles. The summed E-state index contributed by atoms with van der Waals surface area (Å²) >= 11 is 2.75. The van der Waals surface area contributed by atoms with E-state index in [9.17, 15) is 14.0 Å². The maximum absolute atomic E-state index is 12.8. The number of hydrogen-bond acceptors (Lipinski definition) is 6. The summed E-state index contributed by atoms with van der Waals surface area (Å²) in [6, 6.07) is 5.91. The lowest BCUT2D eigenvalue weighted by Crippen LogP contribution is -2.41. The molecule has 6 nitrogen and oxygen atoms in total. The second-order valence-electron chi connectivity index (χ2n) is 5.19. The predicted molar refractivity (Wildman–Crippen MR) is 95.9 cm³/mol. The van der Waals surface area contributed by atoms with Gasteiger partial charge in [0.2, 0.25) is 11.8 Å². The molecular formula is C16H19FN4O2S2. The van der Waals surface area contributed by atoms with Crippen LogP contribution in [0.15, 0.2) is 28.6 Å². The third-order valence-corrected chi connectivity index (χ3v) is 5.26. The molecule has 1 aromatic heterocycles. The largest absolute Gasteiger partial charge is 0.350 e. The monoisotopic (exact) mass is 382 g/mol. The van der Waals surface area contributed by atoms with Crippen LogP contribution >= 0.6 is 23.1 Å². The van der Waals surface area contributed by atoms with E-state index in [-0.39, 0.29) is 29.9 Å². The van der Waals surface area contributed by atoms with Crippen molar-refractivity contribution in [3.8, 4) is 0 Å². The van der Waals surface area contributed by atoms with Crippen molar-refractivity contribution in [2.24, 2.45) is 0 Å². The van der Waals surface area contributed by atoms with E-state index in [2.05, 4.69) is 15.5 Å². The Morgan fingerprint density at radius 3 is 2.60 bits per heavy atom. The summed E-state index contributed by atoms with van der Waals surface area (Å²) in [7, 11) is 0. The normalized spacial score (nSPS) is 10.5. The van der Waals surface area contributed by atoms with Gasteiger partial charge in [-0.15, -0.1) is 10.2 Å². The summed E-state index contributed by atoms with van der Waals surface area (Å²) < 4.78 is 13.6. The minimum atomic E-state index is -0.319. The van der Waals surface area contributed by atoms with E-state index in [1.807, 2.05) is 13.8 Å². The zero-order valence-corrected chi connectivity index (χ0v) is 15.6. The van der Waals surface area contributed by atoms with Crippen LogP contribution in [-0.4, -0.2) is 45.8 Å². The lowest BCUT2D eigenvalue weighted by Gasteiger charge is -2.20. The molecule has 0 atom stereocenters. The summed E-state index contributed by atoms with van der Waals surface area (Å²) in [4.78, 5) is 25.8. The molecule has 0 aliphatic carbocycles. The second-order valence-corrected chi connectivity index (χ2v) is 7.59. The van der Waals surface area contributed by atoms with Gasteiger partial charge in [0, 0.05) is 13.1 Å². The highest BCUT2D eigenvalue weighted by Crippen LogP contribution is 2.21. The molecule has 1 N–H and O–H groups in total. The molecule has 0 saturated heterocycles. The third kappa shape index (κ3) is 6.43. The molecule has 9 heteroatoms. The average molecular weight is 382 g/mol. The Balaban J connectivity index is 1.77. The number of halogens is 1. The summed E-state index contributed by atoms with van der Waals surface area (Å²) in [5.74, 6) is -0.484. The smallest absolute Gasteiger partial charge is 0.239 e. The lowest BCUT2D eigenvalue weighted by molar-refractivity contribution is -0.133. The first kappa shape index (κ1) is 19.3. The van der Waals surface area contributed by atoms with Gasteiger partial charge in [-0.3, -0.25) is 9.59 Å². The maximum Gasteiger partial charge on any atom is 0.239 e. The van der Waals surface area contributed by atoms with Crippen LogP contribution in [0.5, 0.6) is 0 Å². The van der Waals surface area contributed by atoms with Crippen molar-refractivity contribution in [3.63, 3.8) is 0 Å². The average Bonchev–Trinajstić information content (AvgIpc) is 3.02. The molecule has 2 aromatic rings. The fourth-order valence-corrected chi connectivity index (χ4v) is 3.68. The van der Waals surface area contributed by atoms with Crippen molar-refractivity contribution in [2.45, 2.75) is 24.7 Å². The SMILES string of the molecule is CCN(CC(=O)NCc1ccc(F)cc1)C(=O)CSc1nnc(C)s1. The van der Waals surface area contributed by atoms with Gasteiger partial charge in [0.1, 0.15) is 10.8 Å². The van der Waals surface area contributed by atoms with Crippen molar-refractivity contribution in [3.05, 3.63) is 40.7 Å². The fourth-order valence-electron chi connectivity index (χ4n) is 1.96. The zero-order chi connectivity index (χ0) is 18.2. The van der Waals surface area contributed by atoms with E-state index >= 15 is 0 Å². The van der Waals surface area contributed by atoms with Gasteiger partial charge in [-0.1, -0.05) is 35.2 Å². The number of rotatable bonds is 8. The van der Waals surface area contributed by atoms with Crippen molar-refractivity contribution >= 4 is 34.9 Å². The van der Waals surface area contributed by atoms with Crippen LogP contribution in [0.4, 0.5) is 4.39 Å². The molecule has 134 valence electrons. The van der Waals surface area contributed by atoms with Gasteiger partial charge in [0.25, 0.3) is 0 Å². The molecule has 0 saturated carbocycles. The van der Waals surface area contributed by atoms with Crippen LogP contribution in [0, 0.1) is 12.7 Å². The van der Waals surface area contributed by atoms with Gasteiger partial charge in [0.15, 0.2) is 4.34 Å². The molecule has 0 bridgehead atoms. The van der Waals surface area contributed by atoms with Crippen LogP contribution in [0.2, 0.25) is 0 Å². The number of carbonyl (C=O) groups is 2. The van der Waals surface area contributed by atoms with Gasteiger partial charge in [0.05, 0.1) is 12.3 Å². The number of carbonyl (C=O) groups excluding carboxylic acids is 2. The van der Waals surface area contributed by atoms with Crippen molar-refractivity contribution in [2.75, 3.05) is 18.8 Å². The van der Waals surface area contributed by atoms with Crippen LogP contribution in [0.25, 0.3) is 0 Å². The van der Waals surface area contributed by atoms with Crippen LogP contribution < -0.4 is 5.32 Å². The van der Waals surface area contributed by atoms with E-state index in [0.717, 1.165) is 14.9 Å². The van der Waals surface area contributed by atoms with Gasteiger partial charge >= 0.3 is 0 Å². The summed E-state index contributed by atoms with van der Waals surface area (Å²) in [6.45, 7) is 4.41. The standard InChI is InChI=1S/C16H19FN4O2S2/c1-3-21(15(23)10-24-16-20-19-11(2)25-16)9-14(22)18-8-12-4-6-13(17)7-5-12/h4-7H,3,8-10H2,1-2H3,(H,18,22). The first-order valence-electron chi connectivity index (χ1n) is 7.69. The number of thioether (sulfide) groups is 1. The van der Waals surface area contributed by atoms with Gasteiger partial charge in [-0.2, -0.15) is 0 Å². The van der Waals surface area contributed by atoms with Gasteiger partial charge < -0.3 is 10.2 Å². The van der Waals surface area contributed by atoms with Crippen LogP contribution in [-0.2, 0) is 16.1 Å². The van der Waals surface area contributed by atoms with Crippen LogP contribution in [0.1, 0.15) is 17.5 Å². The van der Waals surface area contributed by atoms with E-state index in [4.69, 9.17) is 0 Å². The predicted octanol–water partition coefficient (Wildman–Crippen LogP) is 2.24. The molecule has 0 radical (unpaired) electrons. The molecule has 0 unspecified atom stereocenters. The summed E-state index contributed by atoms with van der Waals surface area (Å²) in [5, 5.41) is 11.4. The minimum absolute atomic E-state index is 0.00770. The van der Waals surface area contributed by atoms with E-state index in [1.165, 1.54) is 40.1 Å². The van der Waals surface area contributed by atoms with Crippen molar-refractivity contribution in [1.82, 2.24) is 20.4 Å². The van der Waals surface area contributed by atoms with E-state index in [0.29, 0.717) is 13.1 Å². The van der Waals surface area contributed by atoms with E-state index in [1.54, 1.807) is 12.1 Å². The number of amides is 2. The molecule has 0 spiro atoms. The molecule has 0 fully saturated rings. The Morgan fingerprint density at radius 1 is 1.28 bits per heavy atom.